The summed E-state index contributed by atoms with van der Waals surface area (Å²) >= 11 is 17.7. The third kappa shape index (κ3) is 2.86. The summed E-state index contributed by atoms with van der Waals surface area (Å²) in [6.07, 6.45) is 3.84. The fourth-order valence-electron chi connectivity index (χ4n) is 1.49. The molecular formula is C11H9Cl3N2O. The Bertz CT molecular complexity index is 457. The van der Waals surface area contributed by atoms with E-state index < -0.39 is 0 Å². The third-order valence-corrected chi connectivity index (χ3v) is 3.16. The van der Waals surface area contributed by atoms with Gasteiger partial charge in [0.05, 0.1) is 15.7 Å². The number of amides is 2. The number of anilines is 1. The topological polar surface area (TPSA) is 32.3 Å². The van der Waals surface area contributed by atoms with Crippen LogP contribution in [0.3, 0.4) is 0 Å². The fourth-order valence-corrected chi connectivity index (χ4v) is 2.40. The van der Waals surface area contributed by atoms with Gasteiger partial charge in [-0.05, 0) is 12.1 Å². The van der Waals surface area contributed by atoms with Crippen LogP contribution in [0.5, 0.6) is 0 Å². The van der Waals surface area contributed by atoms with Crippen LogP contribution in [-0.4, -0.2) is 24.0 Å². The van der Waals surface area contributed by atoms with Gasteiger partial charge in [0, 0.05) is 18.1 Å². The van der Waals surface area contributed by atoms with E-state index in [1.165, 1.54) is 12.1 Å². The molecule has 1 heterocycles. The van der Waals surface area contributed by atoms with E-state index in [1.54, 1.807) is 4.90 Å². The predicted molar refractivity (Wildman–Crippen MR) is 71.2 cm³/mol. The number of halogens is 3. The lowest BCUT2D eigenvalue weighted by Gasteiger charge is -2.17. The first kappa shape index (κ1) is 12.6. The maximum atomic E-state index is 11.8. The van der Waals surface area contributed by atoms with Crippen molar-refractivity contribution in [3.63, 3.8) is 0 Å². The Labute approximate surface area is 114 Å². The monoisotopic (exact) mass is 290 g/mol. The molecule has 6 heteroatoms. The number of benzene rings is 1. The molecule has 3 nitrogen and oxygen atoms in total. The van der Waals surface area contributed by atoms with E-state index in [2.05, 4.69) is 5.32 Å². The van der Waals surface area contributed by atoms with Gasteiger partial charge in [0.2, 0.25) is 0 Å². The molecule has 0 aromatic heterocycles. The normalized spacial score (nSPS) is 14.2. The van der Waals surface area contributed by atoms with E-state index in [4.69, 9.17) is 34.8 Å². The van der Waals surface area contributed by atoms with Crippen molar-refractivity contribution in [1.29, 1.82) is 0 Å². The molecule has 1 aromatic rings. The molecule has 1 aromatic carbocycles. The van der Waals surface area contributed by atoms with E-state index in [0.717, 1.165) is 0 Å². The van der Waals surface area contributed by atoms with Crippen LogP contribution in [0, 0.1) is 0 Å². The van der Waals surface area contributed by atoms with Gasteiger partial charge in [0.15, 0.2) is 0 Å². The quantitative estimate of drug-likeness (QED) is 0.778. The Morgan fingerprint density at radius 3 is 2.18 bits per heavy atom. The summed E-state index contributed by atoms with van der Waals surface area (Å²) in [5, 5.41) is 3.75. The zero-order valence-electron chi connectivity index (χ0n) is 8.71. The van der Waals surface area contributed by atoms with Gasteiger partial charge >= 0.3 is 6.03 Å². The Morgan fingerprint density at radius 1 is 1.12 bits per heavy atom. The van der Waals surface area contributed by atoms with Crippen molar-refractivity contribution in [3.8, 4) is 0 Å². The number of hydrogen-bond donors (Lipinski definition) is 1. The van der Waals surface area contributed by atoms with Crippen molar-refractivity contribution in [2.45, 2.75) is 0 Å². The molecule has 17 heavy (non-hydrogen) atoms. The second-order valence-corrected chi connectivity index (χ2v) is 4.80. The van der Waals surface area contributed by atoms with Gasteiger partial charge in [-0.25, -0.2) is 4.79 Å². The maximum absolute atomic E-state index is 11.8. The second kappa shape index (κ2) is 5.17. The highest BCUT2D eigenvalue weighted by molar-refractivity contribution is 6.42. The largest absolute Gasteiger partial charge is 0.322 e. The van der Waals surface area contributed by atoms with E-state index >= 15 is 0 Å². The standard InChI is InChI=1S/C11H9Cl3N2O/c12-7-5-8(13)10(9(14)6-7)15-11(17)16-3-1-2-4-16/h1-2,5-6H,3-4H2,(H,15,17). The summed E-state index contributed by atoms with van der Waals surface area (Å²) in [6, 6.07) is 2.83. The first-order valence-electron chi connectivity index (χ1n) is 4.93. The van der Waals surface area contributed by atoms with Crippen molar-refractivity contribution in [2.75, 3.05) is 18.4 Å². The Hall–Kier alpha value is -0.900. The van der Waals surface area contributed by atoms with Crippen LogP contribution in [0.25, 0.3) is 0 Å². The van der Waals surface area contributed by atoms with Crippen molar-refractivity contribution < 1.29 is 4.79 Å². The Morgan fingerprint density at radius 2 is 1.65 bits per heavy atom. The van der Waals surface area contributed by atoms with E-state index in [-0.39, 0.29) is 6.03 Å². The number of nitrogens with zero attached hydrogens (tertiary/aromatic N) is 1. The number of carbonyl (C=O) groups excluding carboxylic acids is 1. The van der Waals surface area contributed by atoms with E-state index in [0.29, 0.717) is 33.8 Å². The van der Waals surface area contributed by atoms with Crippen molar-refractivity contribution in [2.24, 2.45) is 0 Å². The summed E-state index contributed by atoms with van der Waals surface area (Å²) in [4.78, 5) is 13.5. The highest BCUT2D eigenvalue weighted by Gasteiger charge is 2.17. The van der Waals surface area contributed by atoms with E-state index in [1.807, 2.05) is 12.2 Å². The highest BCUT2D eigenvalue weighted by atomic mass is 35.5. The van der Waals surface area contributed by atoms with Crippen LogP contribution in [0.4, 0.5) is 10.5 Å². The number of carbonyl (C=O) groups is 1. The number of nitrogens with one attached hydrogen (secondary N) is 1. The molecule has 1 N–H and O–H groups in total. The molecule has 0 spiro atoms. The van der Waals surface area contributed by atoms with Crippen LogP contribution >= 0.6 is 34.8 Å². The zero-order valence-corrected chi connectivity index (χ0v) is 11.0. The smallest absolute Gasteiger partial charge is 0.317 e. The lowest BCUT2D eigenvalue weighted by molar-refractivity contribution is 0.224. The van der Waals surface area contributed by atoms with Gasteiger partial charge in [-0.2, -0.15) is 0 Å². The molecule has 0 radical (unpaired) electrons. The Balaban J connectivity index is 2.15. The molecule has 0 saturated heterocycles. The molecule has 0 unspecified atom stereocenters. The minimum absolute atomic E-state index is 0.235. The average Bonchev–Trinajstić information content (AvgIpc) is 2.76. The molecule has 90 valence electrons. The summed E-state index contributed by atoms with van der Waals surface area (Å²) in [6.45, 7) is 1.18. The van der Waals surface area contributed by atoms with Crippen molar-refractivity contribution in [3.05, 3.63) is 39.4 Å². The van der Waals surface area contributed by atoms with Crippen LogP contribution in [0.15, 0.2) is 24.3 Å². The molecule has 0 fully saturated rings. The van der Waals surface area contributed by atoms with Crippen LogP contribution in [0.2, 0.25) is 15.1 Å². The summed E-state index contributed by atoms with van der Waals surface area (Å²) in [5.41, 5.74) is 0.384. The highest BCUT2D eigenvalue weighted by Crippen LogP contribution is 2.33. The molecule has 0 bridgehead atoms. The van der Waals surface area contributed by atoms with Gasteiger partial charge in [-0.3, -0.25) is 0 Å². The molecule has 0 aliphatic carbocycles. The van der Waals surface area contributed by atoms with Crippen LogP contribution in [-0.2, 0) is 0 Å². The minimum atomic E-state index is -0.235. The van der Waals surface area contributed by atoms with Gasteiger partial charge in [-0.15, -0.1) is 0 Å². The molecular weight excluding hydrogens is 282 g/mol. The molecule has 1 aliphatic rings. The minimum Gasteiger partial charge on any atom is -0.317 e. The lowest BCUT2D eigenvalue weighted by atomic mass is 10.3. The summed E-state index contributed by atoms with van der Waals surface area (Å²) in [7, 11) is 0. The molecule has 0 atom stereocenters. The third-order valence-electron chi connectivity index (χ3n) is 2.34. The predicted octanol–water partition coefficient (Wildman–Crippen LogP) is 4.05. The van der Waals surface area contributed by atoms with E-state index in [9.17, 15) is 4.79 Å². The average molecular weight is 292 g/mol. The Kier molecular flexibility index (Phi) is 3.82. The summed E-state index contributed by atoms with van der Waals surface area (Å²) in [5.74, 6) is 0. The van der Waals surface area contributed by atoms with Gasteiger partial charge in [0.1, 0.15) is 0 Å². The first-order chi connectivity index (χ1) is 8.08. The maximum Gasteiger partial charge on any atom is 0.322 e. The van der Waals surface area contributed by atoms with Crippen molar-refractivity contribution >= 4 is 46.5 Å². The fraction of sp³-hybridized carbons (Fsp3) is 0.182. The first-order valence-corrected chi connectivity index (χ1v) is 6.07. The number of rotatable bonds is 1. The number of urea groups is 1. The second-order valence-electron chi connectivity index (χ2n) is 3.55. The zero-order chi connectivity index (χ0) is 12.4. The van der Waals surface area contributed by atoms with Gasteiger partial charge in [-0.1, -0.05) is 47.0 Å². The van der Waals surface area contributed by atoms with Gasteiger partial charge in [0.25, 0.3) is 0 Å². The van der Waals surface area contributed by atoms with Crippen LogP contribution < -0.4 is 5.32 Å². The van der Waals surface area contributed by atoms with Crippen LogP contribution in [0.1, 0.15) is 0 Å². The molecule has 2 amide bonds. The number of hydrogen-bond acceptors (Lipinski definition) is 1. The molecule has 2 rings (SSSR count). The summed E-state index contributed by atoms with van der Waals surface area (Å²) < 4.78 is 0. The molecule has 1 aliphatic heterocycles. The molecule has 0 saturated carbocycles. The van der Waals surface area contributed by atoms with Crippen molar-refractivity contribution in [1.82, 2.24) is 4.90 Å². The van der Waals surface area contributed by atoms with Gasteiger partial charge < -0.3 is 10.2 Å². The SMILES string of the molecule is O=C(Nc1c(Cl)cc(Cl)cc1Cl)N1CC=CC1. The lowest BCUT2D eigenvalue weighted by Crippen LogP contribution is -2.32.